The Morgan fingerprint density at radius 1 is 1.12 bits per heavy atom. The molecular weight excluding hydrogens is 450 g/mol. The van der Waals surface area contributed by atoms with Gasteiger partial charge < -0.3 is 9.88 Å². The molecule has 3 heterocycles. The average molecular weight is 469 g/mol. The van der Waals surface area contributed by atoms with Crippen LogP contribution in [0.15, 0.2) is 60.1 Å². The fraction of sp³-hybridized carbons (Fsp3) is 0.300. The largest absolute Gasteiger partial charge is 0.416 e. The Morgan fingerprint density at radius 2 is 1.91 bits per heavy atom. The molecule has 12 heteroatoms. The number of imidazole rings is 1. The molecule has 2 atom stereocenters. The Kier molecular flexibility index (Phi) is 5.67. The van der Waals surface area contributed by atoms with Gasteiger partial charge in [-0.15, -0.1) is 0 Å². The molecule has 0 bridgehead atoms. The normalized spacial score (nSPS) is 19.9. The Morgan fingerprint density at radius 3 is 2.56 bits per heavy atom. The third-order valence-corrected chi connectivity index (χ3v) is 6.97. The lowest BCUT2D eigenvalue weighted by Gasteiger charge is -2.21. The molecule has 4 rings (SSSR count). The van der Waals surface area contributed by atoms with Crippen molar-refractivity contribution < 1.29 is 26.0 Å². The number of pyridine rings is 1. The second-order valence-electron chi connectivity index (χ2n) is 7.51. The van der Waals surface area contributed by atoms with Crippen LogP contribution in [0.5, 0.6) is 0 Å². The number of halogens is 4. The molecule has 1 saturated heterocycles. The first kappa shape index (κ1) is 22.2. The molecule has 0 radical (unpaired) electrons. The topological polar surface area (TPSA) is 80.1 Å². The summed E-state index contributed by atoms with van der Waals surface area (Å²) in [6, 6.07) is 6.46. The summed E-state index contributed by atoms with van der Waals surface area (Å²) in [6.07, 6.45) is -0.458. The van der Waals surface area contributed by atoms with Crippen molar-refractivity contribution in [3.8, 4) is 0 Å². The number of nitrogens with zero attached hydrogens (tertiary/aromatic N) is 4. The van der Waals surface area contributed by atoms with E-state index in [9.17, 15) is 26.0 Å². The number of hydrogen-bond acceptors (Lipinski definition) is 5. The Labute approximate surface area is 181 Å². The molecular formula is C20H19F4N5O2S. The summed E-state index contributed by atoms with van der Waals surface area (Å²) < 4.78 is 82.5. The molecule has 1 N–H and O–H groups in total. The van der Waals surface area contributed by atoms with Crippen LogP contribution in [0.25, 0.3) is 0 Å². The minimum atomic E-state index is -4.53. The SMILES string of the molecule is Cn1cnc(S(=O)(=O)N2C[C@@H](Nc3cccc(C(F)(F)F)c3)[C@H](c3ncccc3F)C2)c1. The fourth-order valence-electron chi connectivity index (χ4n) is 3.71. The van der Waals surface area contributed by atoms with Crippen LogP contribution in [0.2, 0.25) is 0 Å². The molecule has 0 unspecified atom stereocenters. The standard InChI is InChI=1S/C20H19F4N5O2S/c1-28-11-18(26-12-28)32(30,31)29-9-15(19-16(21)6-3-7-25-19)17(10-29)27-14-5-2-4-13(8-14)20(22,23)24/h2-8,11-12,15,17,27H,9-10H2,1H3/t15-,17-/m1/s1. The van der Waals surface area contributed by atoms with Crippen molar-refractivity contribution in [2.45, 2.75) is 23.2 Å². The molecule has 3 aromatic rings. The zero-order valence-corrected chi connectivity index (χ0v) is 17.6. The molecule has 0 amide bonds. The van der Waals surface area contributed by atoms with Crippen LogP contribution < -0.4 is 5.32 Å². The first-order valence-corrected chi connectivity index (χ1v) is 11.0. The van der Waals surface area contributed by atoms with Gasteiger partial charge in [-0.2, -0.15) is 17.5 Å². The predicted molar refractivity (Wildman–Crippen MR) is 108 cm³/mol. The van der Waals surface area contributed by atoms with Gasteiger partial charge in [-0.3, -0.25) is 4.98 Å². The zero-order valence-electron chi connectivity index (χ0n) is 16.8. The van der Waals surface area contributed by atoms with Crippen LogP contribution in [-0.2, 0) is 23.2 Å². The summed E-state index contributed by atoms with van der Waals surface area (Å²) in [5.74, 6) is -1.35. The summed E-state index contributed by atoms with van der Waals surface area (Å²) in [7, 11) is -2.37. The summed E-state index contributed by atoms with van der Waals surface area (Å²) in [6.45, 7) is -0.209. The molecule has 1 fully saturated rings. The quantitative estimate of drug-likeness (QED) is 0.581. The van der Waals surface area contributed by atoms with Crippen molar-refractivity contribution in [3.63, 3.8) is 0 Å². The van der Waals surface area contributed by atoms with Crippen molar-refractivity contribution in [2.75, 3.05) is 18.4 Å². The lowest BCUT2D eigenvalue weighted by molar-refractivity contribution is -0.137. The number of benzene rings is 1. The smallest absolute Gasteiger partial charge is 0.380 e. The highest BCUT2D eigenvalue weighted by Gasteiger charge is 2.42. The second-order valence-corrected chi connectivity index (χ2v) is 9.39. The predicted octanol–water partition coefficient (Wildman–Crippen LogP) is 3.24. The van der Waals surface area contributed by atoms with E-state index in [1.807, 2.05) is 0 Å². The molecule has 1 aromatic carbocycles. The van der Waals surface area contributed by atoms with Gasteiger partial charge in [0, 0.05) is 50.2 Å². The molecule has 1 aliphatic rings. The molecule has 0 spiro atoms. The van der Waals surface area contributed by atoms with Gasteiger partial charge in [-0.1, -0.05) is 6.07 Å². The number of nitrogens with one attached hydrogen (secondary N) is 1. The second kappa shape index (κ2) is 8.17. The van der Waals surface area contributed by atoms with Gasteiger partial charge in [0.2, 0.25) is 0 Å². The molecule has 170 valence electrons. The molecule has 0 saturated carbocycles. The fourth-order valence-corrected chi connectivity index (χ4v) is 5.17. The van der Waals surface area contributed by atoms with E-state index in [0.717, 1.165) is 16.4 Å². The highest BCUT2D eigenvalue weighted by atomic mass is 32.2. The number of aromatic nitrogens is 3. The number of anilines is 1. The zero-order chi connectivity index (χ0) is 23.1. The van der Waals surface area contributed by atoms with Gasteiger partial charge in [0.15, 0.2) is 5.03 Å². The summed E-state index contributed by atoms with van der Waals surface area (Å²) in [4.78, 5) is 7.96. The van der Waals surface area contributed by atoms with Crippen molar-refractivity contribution in [1.82, 2.24) is 18.8 Å². The van der Waals surface area contributed by atoms with Crippen LogP contribution >= 0.6 is 0 Å². The van der Waals surface area contributed by atoms with Crippen LogP contribution in [0.3, 0.4) is 0 Å². The van der Waals surface area contributed by atoms with E-state index in [1.54, 1.807) is 7.05 Å². The molecule has 1 aliphatic heterocycles. The van der Waals surface area contributed by atoms with E-state index >= 15 is 0 Å². The van der Waals surface area contributed by atoms with E-state index in [2.05, 4.69) is 15.3 Å². The van der Waals surface area contributed by atoms with Gasteiger partial charge in [0.1, 0.15) is 5.82 Å². The molecule has 7 nitrogen and oxygen atoms in total. The molecule has 32 heavy (non-hydrogen) atoms. The highest BCUT2D eigenvalue weighted by Crippen LogP contribution is 2.35. The maximum Gasteiger partial charge on any atom is 0.416 e. The van der Waals surface area contributed by atoms with Crippen molar-refractivity contribution >= 4 is 15.7 Å². The van der Waals surface area contributed by atoms with E-state index in [0.29, 0.717) is 0 Å². The van der Waals surface area contributed by atoms with Crippen LogP contribution in [0, 0.1) is 5.82 Å². The third kappa shape index (κ3) is 4.32. The van der Waals surface area contributed by atoms with Gasteiger partial charge in [-0.05, 0) is 30.3 Å². The number of sulfonamides is 1. The highest BCUT2D eigenvalue weighted by molar-refractivity contribution is 7.89. The van der Waals surface area contributed by atoms with E-state index < -0.39 is 39.5 Å². The third-order valence-electron chi connectivity index (χ3n) is 5.25. The summed E-state index contributed by atoms with van der Waals surface area (Å²) in [5, 5.41) is 2.78. The minimum absolute atomic E-state index is 0.0377. The number of rotatable bonds is 5. The van der Waals surface area contributed by atoms with E-state index in [-0.39, 0.29) is 29.5 Å². The Balaban J connectivity index is 1.68. The minimum Gasteiger partial charge on any atom is -0.380 e. The van der Waals surface area contributed by atoms with Crippen LogP contribution in [0.1, 0.15) is 17.2 Å². The molecule has 0 aliphatic carbocycles. The number of aryl methyl sites for hydroxylation is 1. The van der Waals surface area contributed by atoms with Crippen molar-refractivity contribution in [3.05, 3.63) is 72.2 Å². The lowest BCUT2D eigenvalue weighted by atomic mass is 9.98. The lowest BCUT2D eigenvalue weighted by Crippen LogP contribution is -2.32. The Hall–Kier alpha value is -2.99. The monoisotopic (exact) mass is 469 g/mol. The van der Waals surface area contributed by atoms with E-state index in [1.165, 1.54) is 47.6 Å². The summed E-state index contributed by atoms with van der Waals surface area (Å²) >= 11 is 0. The average Bonchev–Trinajstić information content (AvgIpc) is 3.35. The van der Waals surface area contributed by atoms with Gasteiger partial charge in [-0.25, -0.2) is 17.8 Å². The maximum atomic E-state index is 14.5. The van der Waals surface area contributed by atoms with Gasteiger partial charge in [0.05, 0.1) is 17.6 Å². The molecule has 2 aromatic heterocycles. The van der Waals surface area contributed by atoms with Gasteiger partial charge in [0.25, 0.3) is 10.0 Å². The number of hydrogen-bond donors (Lipinski definition) is 1. The first-order valence-electron chi connectivity index (χ1n) is 9.58. The summed E-state index contributed by atoms with van der Waals surface area (Å²) in [5.41, 5.74) is -0.669. The number of alkyl halides is 3. The first-order chi connectivity index (χ1) is 15.1. The van der Waals surface area contributed by atoms with Gasteiger partial charge >= 0.3 is 6.18 Å². The van der Waals surface area contributed by atoms with E-state index in [4.69, 9.17) is 0 Å². The maximum absolute atomic E-state index is 14.5. The Bertz CT molecular complexity index is 1230. The van der Waals surface area contributed by atoms with Crippen molar-refractivity contribution in [2.24, 2.45) is 7.05 Å². The van der Waals surface area contributed by atoms with Crippen molar-refractivity contribution in [1.29, 1.82) is 0 Å². The van der Waals surface area contributed by atoms with Crippen LogP contribution in [0.4, 0.5) is 23.2 Å². The van der Waals surface area contributed by atoms with Crippen LogP contribution in [-0.4, -0.2) is 46.4 Å².